The van der Waals surface area contributed by atoms with Crippen LogP contribution in [0, 0.1) is 5.92 Å². The third-order valence-electron chi connectivity index (χ3n) is 3.10. The van der Waals surface area contributed by atoms with E-state index in [1.54, 1.807) is 7.11 Å². The number of nitrogens with two attached hydrogens (primary N) is 1. The number of hydrogen-bond donors (Lipinski definition) is 2. The molecule has 0 aromatic rings. The summed E-state index contributed by atoms with van der Waals surface area (Å²) < 4.78 is 5.10. The Morgan fingerprint density at radius 3 is 2.47 bits per heavy atom. The fourth-order valence-electron chi connectivity index (χ4n) is 1.75. The van der Waals surface area contributed by atoms with Gasteiger partial charge in [-0.05, 0) is 5.92 Å². The van der Waals surface area contributed by atoms with Crippen molar-refractivity contribution in [2.45, 2.75) is 33.1 Å². The van der Waals surface area contributed by atoms with Crippen molar-refractivity contribution < 1.29 is 9.94 Å². The van der Waals surface area contributed by atoms with E-state index in [-0.39, 0.29) is 5.84 Å². The number of methoxy groups -OCH3 is 1. The van der Waals surface area contributed by atoms with Crippen LogP contribution in [0.2, 0.25) is 0 Å². The third-order valence-corrected chi connectivity index (χ3v) is 3.10. The van der Waals surface area contributed by atoms with Crippen LogP contribution in [0.5, 0.6) is 0 Å². The van der Waals surface area contributed by atoms with Gasteiger partial charge in [-0.3, -0.25) is 0 Å². The summed E-state index contributed by atoms with van der Waals surface area (Å²) in [6.45, 7) is 7.91. The average molecular weight is 245 g/mol. The van der Waals surface area contributed by atoms with E-state index in [1.807, 2.05) is 0 Å². The van der Waals surface area contributed by atoms with Crippen LogP contribution in [0.3, 0.4) is 0 Å². The van der Waals surface area contributed by atoms with E-state index in [1.165, 1.54) is 12.8 Å². The van der Waals surface area contributed by atoms with Gasteiger partial charge in [0.05, 0.1) is 6.61 Å². The average Bonchev–Trinajstić information content (AvgIpc) is 2.37. The molecule has 0 unspecified atom stereocenters. The van der Waals surface area contributed by atoms with E-state index < -0.39 is 0 Å². The van der Waals surface area contributed by atoms with E-state index >= 15 is 0 Å². The standard InChI is InChI=1S/C12H27N3O2/c1-4-11(5-2)10-15(8-9-17-3)7-6-12(13)14-16/h11,16H,4-10H2,1-3H3,(H2,13,14). The predicted molar refractivity (Wildman–Crippen MR) is 70.4 cm³/mol. The number of ether oxygens (including phenoxy) is 1. The zero-order valence-electron chi connectivity index (χ0n) is 11.4. The van der Waals surface area contributed by atoms with Crippen LogP contribution in [0.25, 0.3) is 0 Å². The molecule has 0 atom stereocenters. The minimum atomic E-state index is 0.289. The molecular weight excluding hydrogens is 218 g/mol. The maximum atomic E-state index is 8.52. The second kappa shape index (κ2) is 10.4. The molecule has 0 heterocycles. The largest absolute Gasteiger partial charge is 0.409 e. The summed E-state index contributed by atoms with van der Waals surface area (Å²) in [5, 5.41) is 11.5. The summed E-state index contributed by atoms with van der Waals surface area (Å²) in [4.78, 5) is 2.32. The van der Waals surface area contributed by atoms with Gasteiger partial charge in [-0.1, -0.05) is 31.8 Å². The van der Waals surface area contributed by atoms with Crippen molar-refractivity contribution in [3.8, 4) is 0 Å². The molecule has 0 aliphatic heterocycles. The Hall–Kier alpha value is -0.810. The number of rotatable bonds is 10. The van der Waals surface area contributed by atoms with E-state index in [9.17, 15) is 0 Å². The van der Waals surface area contributed by atoms with Gasteiger partial charge in [0.25, 0.3) is 0 Å². The first-order valence-corrected chi connectivity index (χ1v) is 6.35. The lowest BCUT2D eigenvalue weighted by molar-refractivity contribution is 0.136. The Morgan fingerprint density at radius 2 is 2.00 bits per heavy atom. The van der Waals surface area contributed by atoms with E-state index in [4.69, 9.17) is 15.7 Å². The summed E-state index contributed by atoms with van der Waals surface area (Å²) >= 11 is 0. The highest BCUT2D eigenvalue weighted by Crippen LogP contribution is 2.10. The molecule has 17 heavy (non-hydrogen) atoms. The number of oxime groups is 1. The van der Waals surface area contributed by atoms with Crippen LogP contribution >= 0.6 is 0 Å². The van der Waals surface area contributed by atoms with Crippen molar-refractivity contribution in [1.82, 2.24) is 4.90 Å². The Morgan fingerprint density at radius 1 is 1.35 bits per heavy atom. The smallest absolute Gasteiger partial charge is 0.140 e. The van der Waals surface area contributed by atoms with Crippen LogP contribution in [-0.4, -0.2) is 49.3 Å². The lowest BCUT2D eigenvalue weighted by Gasteiger charge is -2.26. The molecule has 0 aromatic carbocycles. The predicted octanol–water partition coefficient (Wildman–Crippen LogP) is 1.51. The van der Waals surface area contributed by atoms with Crippen LogP contribution in [-0.2, 0) is 4.74 Å². The zero-order chi connectivity index (χ0) is 13.1. The van der Waals surface area contributed by atoms with Gasteiger partial charge in [0.1, 0.15) is 5.84 Å². The molecule has 102 valence electrons. The molecule has 0 rings (SSSR count). The summed E-state index contributed by atoms with van der Waals surface area (Å²) in [7, 11) is 1.71. The van der Waals surface area contributed by atoms with Gasteiger partial charge in [-0.15, -0.1) is 0 Å². The highest BCUT2D eigenvalue weighted by atomic mass is 16.5. The second-order valence-electron chi connectivity index (χ2n) is 4.32. The molecule has 0 aliphatic rings. The van der Waals surface area contributed by atoms with Crippen LogP contribution in [0.1, 0.15) is 33.1 Å². The summed E-state index contributed by atoms with van der Waals surface area (Å²) in [5.41, 5.74) is 5.49. The molecule has 0 spiro atoms. The second-order valence-corrected chi connectivity index (χ2v) is 4.32. The van der Waals surface area contributed by atoms with E-state index in [2.05, 4.69) is 23.9 Å². The minimum absolute atomic E-state index is 0.289. The third kappa shape index (κ3) is 7.99. The van der Waals surface area contributed by atoms with Gasteiger partial charge < -0.3 is 20.6 Å². The quantitative estimate of drug-likeness (QED) is 0.265. The fourth-order valence-corrected chi connectivity index (χ4v) is 1.75. The van der Waals surface area contributed by atoms with Gasteiger partial charge in [0, 0.05) is 33.2 Å². The molecule has 0 fully saturated rings. The van der Waals surface area contributed by atoms with Crippen molar-refractivity contribution in [3.05, 3.63) is 0 Å². The van der Waals surface area contributed by atoms with E-state index in [0.29, 0.717) is 12.3 Å². The highest BCUT2D eigenvalue weighted by molar-refractivity contribution is 5.79. The minimum Gasteiger partial charge on any atom is -0.409 e. The van der Waals surface area contributed by atoms with Crippen LogP contribution in [0.4, 0.5) is 0 Å². The van der Waals surface area contributed by atoms with Crippen LogP contribution in [0.15, 0.2) is 5.16 Å². The molecule has 0 saturated heterocycles. The van der Waals surface area contributed by atoms with Crippen molar-refractivity contribution in [3.63, 3.8) is 0 Å². The van der Waals surface area contributed by atoms with Crippen molar-refractivity contribution in [2.24, 2.45) is 16.8 Å². The summed E-state index contributed by atoms with van der Waals surface area (Å²) in [6, 6.07) is 0. The molecule has 0 bridgehead atoms. The molecule has 0 radical (unpaired) electrons. The van der Waals surface area contributed by atoms with Gasteiger partial charge >= 0.3 is 0 Å². The molecule has 0 aromatic heterocycles. The normalized spacial score (nSPS) is 12.6. The molecule has 0 aliphatic carbocycles. The van der Waals surface area contributed by atoms with Crippen molar-refractivity contribution in [1.29, 1.82) is 0 Å². The molecule has 5 nitrogen and oxygen atoms in total. The molecule has 3 N–H and O–H groups in total. The van der Waals surface area contributed by atoms with Gasteiger partial charge in [-0.2, -0.15) is 0 Å². The Balaban J connectivity index is 4.11. The van der Waals surface area contributed by atoms with E-state index in [0.717, 1.165) is 26.2 Å². The summed E-state index contributed by atoms with van der Waals surface area (Å²) in [6.07, 6.45) is 2.97. The first-order valence-electron chi connectivity index (χ1n) is 6.35. The molecule has 5 heteroatoms. The van der Waals surface area contributed by atoms with Gasteiger partial charge in [0.2, 0.25) is 0 Å². The highest BCUT2D eigenvalue weighted by Gasteiger charge is 2.11. The molecule has 0 saturated carbocycles. The Labute approximate surface area is 105 Å². The number of amidine groups is 1. The zero-order valence-corrected chi connectivity index (χ0v) is 11.4. The number of hydrogen-bond acceptors (Lipinski definition) is 4. The first kappa shape index (κ1) is 16.2. The topological polar surface area (TPSA) is 71.1 Å². The van der Waals surface area contributed by atoms with Crippen molar-refractivity contribution in [2.75, 3.05) is 33.4 Å². The maximum absolute atomic E-state index is 8.52. The molecular formula is C12H27N3O2. The van der Waals surface area contributed by atoms with Gasteiger partial charge in [-0.25, -0.2) is 0 Å². The van der Waals surface area contributed by atoms with Crippen molar-refractivity contribution >= 4 is 5.84 Å². The van der Waals surface area contributed by atoms with Crippen LogP contribution < -0.4 is 5.73 Å². The van der Waals surface area contributed by atoms with Gasteiger partial charge in [0.15, 0.2) is 0 Å². The monoisotopic (exact) mass is 245 g/mol. The number of nitrogens with zero attached hydrogens (tertiary/aromatic N) is 2. The fraction of sp³-hybridized carbons (Fsp3) is 0.917. The summed E-state index contributed by atoms with van der Waals surface area (Å²) in [5.74, 6) is 0.996. The lowest BCUT2D eigenvalue weighted by atomic mass is 10.0. The molecule has 0 amide bonds. The first-order chi connectivity index (χ1) is 8.17. The SMILES string of the molecule is CCC(CC)CN(CCOC)CCC(N)=NO. The lowest BCUT2D eigenvalue weighted by Crippen LogP contribution is -2.35. The Kier molecular flexibility index (Phi) is 9.86. The Bertz CT molecular complexity index is 206. The maximum Gasteiger partial charge on any atom is 0.140 e.